The Balaban J connectivity index is 2.09. The van der Waals surface area contributed by atoms with Gasteiger partial charge < -0.3 is 5.32 Å². The van der Waals surface area contributed by atoms with Gasteiger partial charge in [-0.25, -0.2) is 12.7 Å². The van der Waals surface area contributed by atoms with E-state index in [1.165, 1.54) is 26.2 Å². The second-order valence-corrected chi connectivity index (χ2v) is 9.18. The van der Waals surface area contributed by atoms with E-state index in [4.69, 9.17) is 11.6 Å². The second kappa shape index (κ2) is 8.03. The number of nitrogens with one attached hydrogen (secondary N) is 1. The standard InChI is InChI=1S/C17H26ClN3O3S/c1-5-13-8-9-21(12(13)2)11-17(22)19-14-6-7-15(18)16(10-14)25(23,24)20(3)4/h6-7,10,12-13H,5,8-9,11H2,1-4H3,(H,19,22)/t12-,13-/m1/s1. The lowest BCUT2D eigenvalue weighted by Gasteiger charge is -2.23. The van der Waals surface area contributed by atoms with E-state index in [9.17, 15) is 13.2 Å². The quantitative estimate of drug-likeness (QED) is 0.814. The van der Waals surface area contributed by atoms with Crippen LogP contribution >= 0.6 is 11.6 Å². The summed E-state index contributed by atoms with van der Waals surface area (Å²) < 4.78 is 25.7. The lowest BCUT2D eigenvalue weighted by molar-refractivity contribution is -0.117. The highest BCUT2D eigenvalue weighted by Gasteiger charge is 2.30. The molecule has 25 heavy (non-hydrogen) atoms. The summed E-state index contributed by atoms with van der Waals surface area (Å²) >= 11 is 6.02. The van der Waals surface area contributed by atoms with Crippen LogP contribution in [0.25, 0.3) is 0 Å². The van der Waals surface area contributed by atoms with Crippen molar-refractivity contribution >= 4 is 33.2 Å². The summed E-state index contributed by atoms with van der Waals surface area (Å²) in [5, 5.41) is 2.91. The van der Waals surface area contributed by atoms with E-state index >= 15 is 0 Å². The fourth-order valence-corrected chi connectivity index (χ4v) is 4.60. The van der Waals surface area contributed by atoms with Crippen LogP contribution in [0.1, 0.15) is 26.7 Å². The van der Waals surface area contributed by atoms with Gasteiger partial charge in [0.05, 0.1) is 11.6 Å². The molecule has 1 aliphatic rings. The van der Waals surface area contributed by atoms with Gasteiger partial charge in [-0.3, -0.25) is 9.69 Å². The van der Waals surface area contributed by atoms with Gasteiger partial charge in [0.15, 0.2) is 0 Å². The summed E-state index contributed by atoms with van der Waals surface area (Å²) in [6.45, 7) is 5.54. The van der Waals surface area contributed by atoms with E-state index in [-0.39, 0.29) is 15.8 Å². The molecule has 1 aromatic carbocycles. The Hall–Kier alpha value is -1.15. The summed E-state index contributed by atoms with van der Waals surface area (Å²) in [7, 11) is -0.787. The molecular formula is C17H26ClN3O3S. The Bertz CT molecular complexity index is 737. The Morgan fingerprint density at radius 1 is 1.40 bits per heavy atom. The second-order valence-electron chi connectivity index (χ2n) is 6.65. The van der Waals surface area contributed by atoms with Crippen LogP contribution in [0.4, 0.5) is 5.69 Å². The number of carbonyl (C=O) groups is 1. The lowest BCUT2D eigenvalue weighted by Crippen LogP contribution is -2.37. The van der Waals surface area contributed by atoms with Gasteiger partial charge in [0.1, 0.15) is 4.90 Å². The number of hydrogen-bond donors (Lipinski definition) is 1. The van der Waals surface area contributed by atoms with Crippen molar-refractivity contribution in [3.05, 3.63) is 23.2 Å². The highest BCUT2D eigenvalue weighted by molar-refractivity contribution is 7.89. The Labute approximate surface area is 155 Å². The van der Waals surface area contributed by atoms with Crippen LogP contribution in [0.2, 0.25) is 5.02 Å². The van der Waals surface area contributed by atoms with Gasteiger partial charge in [-0.1, -0.05) is 24.9 Å². The number of nitrogens with zero attached hydrogens (tertiary/aromatic N) is 2. The van der Waals surface area contributed by atoms with Crippen LogP contribution in [0.3, 0.4) is 0 Å². The first-order chi connectivity index (χ1) is 11.7. The molecule has 2 atom stereocenters. The van der Waals surface area contributed by atoms with Crippen LogP contribution < -0.4 is 5.32 Å². The third kappa shape index (κ3) is 4.53. The van der Waals surface area contributed by atoms with E-state index in [2.05, 4.69) is 24.1 Å². The average Bonchev–Trinajstić information content (AvgIpc) is 2.89. The van der Waals surface area contributed by atoms with E-state index in [1.807, 2.05) is 0 Å². The highest BCUT2D eigenvalue weighted by Crippen LogP contribution is 2.28. The predicted molar refractivity (Wildman–Crippen MR) is 100 cm³/mol. The number of sulfonamides is 1. The molecule has 1 N–H and O–H groups in total. The van der Waals surface area contributed by atoms with Crippen molar-refractivity contribution in [3.63, 3.8) is 0 Å². The topological polar surface area (TPSA) is 69.7 Å². The summed E-state index contributed by atoms with van der Waals surface area (Å²) in [6.07, 6.45) is 2.22. The smallest absolute Gasteiger partial charge is 0.244 e. The summed E-state index contributed by atoms with van der Waals surface area (Å²) in [4.78, 5) is 14.5. The van der Waals surface area contributed by atoms with Gasteiger partial charge >= 0.3 is 0 Å². The number of amides is 1. The molecule has 0 aliphatic carbocycles. The van der Waals surface area contributed by atoms with Crippen molar-refractivity contribution in [2.24, 2.45) is 5.92 Å². The molecule has 0 radical (unpaired) electrons. The third-order valence-corrected chi connectivity index (χ3v) is 7.19. The normalized spacial score (nSPS) is 21.7. The molecule has 1 aromatic rings. The van der Waals surface area contributed by atoms with Crippen LogP contribution in [0.15, 0.2) is 23.1 Å². The molecule has 0 spiro atoms. The Morgan fingerprint density at radius 3 is 2.64 bits per heavy atom. The minimum atomic E-state index is -3.67. The SMILES string of the molecule is CC[C@@H]1CCN(CC(=O)Nc2ccc(Cl)c(S(=O)(=O)N(C)C)c2)[C@@H]1C. The van der Waals surface area contributed by atoms with Gasteiger partial charge in [0, 0.05) is 25.8 Å². The van der Waals surface area contributed by atoms with Gasteiger partial charge in [-0.15, -0.1) is 0 Å². The molecule has 0 unspecified atom stereocenters. The van der Waals surface area contributed by atoms with Crippen LogP contribution in [0, 0.1) is 5.92 Å². The zero-order valence-corrected chi connectivity index (χ0v) is 16.7. The molecule has 6 nitrogen and oxygen atoms in total. The fourth-order valence-electron chi connectivity index (χ4n) is 3.20. The first-order valence-electron chi connectivity index (χ1n) is 8.42. The fraction of sp³-hybridized carbons (Fsp3) is 0.588. The van der Waals surface area contributed by atoms with E-state index in [1.54, 1.807) is 6.07 Å². The predicted octanol–water partition coefficient (Wildman–Crippen LogP) is 2.65. The number of carbonyl (C=O) groups excluding carboxylic acids is 1. The summed E-state index contributed by atoms with van der Waals surface area (Å²) in [5.41, 5.74) is 0.425. The monoisotopic (exact) mass is 387 g/mol. The Morgan fingerprint density at radius 2 is 2.08 bits per heavy atom. The molecule has 140 valence electrons. The maximum Gasteiger partial charge on any atom is 0.244 e. The van der Waals surface area contributed by atoms with E-state index < -0.39 is 10.0 Å². The van der Waals surface area contributed by atoms with Crippen molar-refractivity contribution in [1.29, 1.82) is 0 Å². The molecule has 1 fully saturated rings. The molecular weight excluding hydrogens is 362 g/mol. The van der Waals surface area contributed by atoms with Crippen LogP contribution in [0.5, 0.6) is 0 Å². The van der Waals surface area contributed by atoms with Gasteiger partial charge in [0.25, 0.3) is 0 Å². The molecule has 1 heterocycles. The van der Waals surface area contributed by atoms with Crippen molar-refractivity contribution < 1.29 is 13.2 Å². The van der Waals surface area contributed by atoms with Crippen LogP contribution in [-0.4, -0.2) is 56.8 Å². The number of anilines is 1. The van der Waals surface area contributed by atoms with Crippen molar-refractivity contribution in [2.75, 3.05) is 32.5 Å². The minimum Gasteiger partial charge on any atom is -0.325 e. The molecule has 1 saturated heterocycles. The largest absolute Gasteiger partial charge is 0.325 e. The average molecular weight is 388 g/mol. The zero-order chi connectivity index (χ0) is 18.8. The minimum absolute atomic E-state index is 0.0162. The first-order valence-corrected chi connectivity index (χ1v) is 10.2. The van der Waals surface area contributed by atoms with E-state index in [0.29, 0.717) is 24.2 Å². The maximum atomic E-state index is 12.3. The zero-order valence-electron chi connectivity index (χ0n) is 15.1. The van der Waals surface area contributed by atoms with Gasteiger partial charge in [-0.05, 0) is 44.0 Å². The maximum absolute atomic E-state index is 12.3. The lowest BCUT2D eigenvalue weighted by atomic mass is 9.99. The van der Waals surface area contributed by atoms with E-state index in [0.717, 1.165) is 23.7 Å². The van der Waals surface area contributed by atoms with Crippen molar-refractivity contribution in [3.8, 4) is 0 Å². The van der Waals surface area contributed by atoms with Gasteiger partial charge in [-0.2, -0.15) is 0 Å². The summed E-state index contributed by atoms with van der Waals surface area (Å²) in [5.74, 6) is 0.472. The third-order valence-electron chi connectivity index (χ3n) is 4.89. The molecule has 0 bridgehead atoms. The number of halogens is 1. The number of benzene rings is 1. The Kier molecular flexibility index (Phi) is 6.48. The molecule has 1 aliphatic heterocycles. The van der Waals surface area contributed by atoms with Crippen molar-refractivity contribution in [2.45, 2.75) is 37.6 Å². The van der Waals surface area contributed by atoms with Gasteiger partial charge in [0.2, 0.25) is 15.9 Å². The number of rotatable bonds is 6. The molecule has 0 saturated carbocycles. The van der Waals surface area contributed by atoms with Crippen molar-refractivity contribution in [1.82, 2.24) is 9.21 Å². The first kappa shape index (κ1) is 20.2. The molecule has 0 aromatic heterocycles. The molecule has 2 rings (SSSR count). The molecule has 1 amide bonds. The highest BCUT2D eigenvalue weighted by atomic mass is 35.5. The number of hydrogen-bond acceptors (Lipinski definition) is 4. The number of likely N-dealkylation sites (tertiary alicyclic amines) is 1. The van der Waals surface area contributed by atoms with Crippen LogP contribution in [-0.2, 0) is 14.8 Å². The summed E-state index contributed by atoms with van der Waals surface area (Å²) in [6, 6.07) is 4.87. The molecule has 8 heteroatoms.